The molecular formula is C13H21NO. The van der Waals surface area contributed by atoms with Gasteiger partial charge in [-0.2, -0.15) is 0 Å². The van der Waals surface area contributed by atoms with Gasteiger partial charge in [0.2, 0.25) is 0 Å². The molecule has 2 saturated carbocycles. The van der Waals surface area contributed by atoms with Crippen molar-refractivity contribution >= 4 is 5.78 Å². The smallest absolute Gasteiger partial charge is 0.156 e. The second-order valence-corrected chi connectivity index (χ2v) is 5.57. The van der Waals surface area contributed by atoms with Gasteiger partial charge in [-0.05, 0) is 51.6 Å². The fourth-order valence-electron chi connectivity index (χ4n) is 3.55. The zero-order chi connectivity index (χ0) is 10.3. The lowest BCUT2D eigenvalue weighted by Gasteiger charge is -2.37. The summed E-state index contributed by atoms with van der Waals surface area (Å²) in [5.74, 6) is 1.06. The first-order chi connectivity index (χ1) is 7.33. The Hall–Kier alpha value is -0.370. The fraction of sp³-hybridized carbons (Fsp3) is 0.923. The van der Waals surface area contributed by atoms with Crippen molar-refractivity contribution in [2.45, 2.75) is 56.9 Å². The Balaban J connectivity index is 1.82. The van der Waals surface area contributed by atoms with Gasteiger partial charge in [-0.25, -0.2) is 0 Å². The maximum Gasteiger partial charge on any atom is 0.156 e. The van der Waals surface area contributed by atoms with E-state index in [1.54, 1.807) is 0 Å². The Morgan fingerprint density at radius 1 is 1.00 bits per heavy atom. The highest BCUT2D eigenvalue weighted by Crippen LogP contribution is 2.44. The Labute approximate surface area is 92.0 Å². The average molecular weight is 207 g/mol. The van der Waals surface area contributed by atoms with E-state index >= 15 is 0 Å². The molecule has 0 amide bonds. The van der Waals surface area contributed by atoms with E-state index in [-0.39, 0.29) is 5.54 Å². The van der Waals surface area contributed by atoms with Crippen molar-refractivity contribution in [2.75, 3.05) is 13.1 Å². The minimum absolute atomic E-state index is 0.0116. The molecule has 0 aromatic heterocycles. The number of rotatable bonds is 3. The first kappa shape index (κ1) is 9.83. The van der Waals surface area contributed by atoms with Crippen LogP contribution in [0.4, 0.5) is 0 Å². The van der Waals surface area contributed by atoms with Crippen LogP contribution in [0.15, 0.2) is 0 Å². The van der Waals surface area contributed by atoms with Crippen LogP contribution in [0.25, 0.3) is 0 Å². The molecule has 2 heteroatoms. The van der Waals surface area contributed by atoms with Gasteiger partial charge in [-0.3, -0.25) is 9.69 Å². The normalized spacial score (nSPS) is 30.9. The van der Waals surface area contributed by atoms with Crippen molar-refractivity contribution in [3.05, 3.63) is 0 Å². The number of likely N-dealkylation sites (tertiary alicyclic amines) is 1. The van der Waals surface area contributed by atoms with Crippen molar-refractivity contribution in [1.29, 1.82) is 0 Å². The van der Waals surface area contributed by atoms with Crippen LogP contribution < -0.4 is 0 Å². The van der Waals surface area contributed by atoms with Crippen LogP contribution in [-0.4, -0.2) is 29.3 Å². The lowest BCUT2D eigenvalue weighted by atomic mass is 9.87. The summed E-state index contributed by atoms with van der Waals surface area (Å²) in [7, 11) is 0. The SMILES string of the molecule is O=C(C1CC1)C1(N2CCCC2)CCCC1. The molecule has 0 spiro atoms. The van der Waals surface area contributed by atoms with Crippen molar-refractivity contribution in [1.82, 2.24) is 4.90 Å². The number of carbonyl (C=O) groups is 1. The fourth-order valence-corrected chi connectivity index (χ4v) is 3.55. The van der Waals surface area contributed by atoms with Gasteiger partial charge < -0.3 is 0 Å². The lowest BCUT2D eigenvalue weighted by Crippen LogP contribution is -2.52. The van der Waals surface area contributed by atoms with Gasteiger partial charge in [0.25, 0.3) is 0 Å². The quantitative estimate of drug-likeness (QED) is 0.708. The summed E-state index contributed by atoms with van der Waals surface area (Å²) in [5, 5.41) is 0. The second-order valence-electron chi connectivity index (χ2n) is 5.57. The van der Waals surface area contributed by atoms with E-state index in [0.717, 1.165) is 12.8 Å². The molecule has 3 aliphatic rings. The predicted molar refractivity (Wildman–Crippen MR) is 59.7 cm³/mol. The molecule has 1 saturated heterocycles. The lowest BCUT2D eigenvalue weighted by molar-refractivity contribution is -0.131. The number of ketones is 1. The zero-order valence-electron chi connectivity index (χ0n) is 9.50. The molecule has 2 nitrogen and oxygen atoms in total. The van der Waals surface area contributed by atoms with Gasteiger partial charge in [0.05, 0.1) is 5.54 Å². The maximum atomic E-state index is 12.5. The molecule has 3 fully saturated rings. The highest BCUT2D eigenvalue weighted by Gasteiger charge is 2.50. The minimum atomic E-state index is 0.0116. The first-order valence-electron chi connectivity index (χ1n) is 6.62. The van der Waals surface area contributed by atoms with Crippen LogP contribution in [-0.2, 0) is 4.79 Å². The largest absolute Gasteiger partial charge is 0.297 e. The van der Waals surface area contributed by atoms with E-state index in [9.17, 15) is 4.79 Å². The summed E-state index contributed by atoms with van der Waals surface area (Å²) >= 11 is 0. The van der Waals surface area contributed by atoms with Gasteiger partial charge in [-0.15, -0.1) is 0 Å². The molecule has 0 unspecified atom stereocenters. The monoisotopic (exact) mass is 207 g/mol. The Kier molecular flexibility index (Phi) is 2.35. The number of Topliss-reactive ketones (excluding diaryl/α,β-unsaturated/α-hetero) is 1. The van der Waals surface area contributed by atoms with Gasteiger partial charge in [0.1, 0.15) is 0 Å². The molecule has 0 N–H and O–H groups in total. The molecule has 1 aliphatic heterocycles. The Morgan fingerprint density at radius 2 is 1.60 bits per heavy atom. The molecule has 0 radical (unpaired) electrons. The van der Waals surface area contributed by atoms with Crippen molar-refractivity contribution < 1.29 is 4.79 Å². The van der Waals surface area contributed by atoms with E-state index in [4.69, 9.17) is 0 Å². The molecule has 1 heterocycles. The third-order valence-corrected chi connectivity index (χ3v) is 4.55. The number of hydrogen-bond acceptors (Lipinski definition) is 2. The third kappa shape index (κ3) is 1.54. The zero-order valence-corrected chi connectivity index (χ0v) is 9.50. The topological polar surface area (TPSA) is 20.3 Å². The van der Waals surface area contributed by atoms with E-state index in [1.807, 2.05) is 0 Å². The van der Waals surface area contributed by atoms with E-state index in [1.165, 1.54) is 51.6 Å². The maximum absolute atomic E-state index is 12.5. The van der Waals surface area contributed by atoms with Gasteiger partial charge in [0.15, 0.2) is 5.78 Å². The molecule has 84 valence electrons. The van der Waals surface area contributed by atoms with Crippen LogP contribution in [0.1, 0.15) is 51.4 Å². The molecular weight excluding hydrogens is 186 g/mol. The van der Waals surface area contributed by atoms with Crippen molar-refractivity contribution in [2.24, 2.45) is 5.92 Å². The summed E-state index contributed by atoms with van der Waals surface area (Å²) in [6.45, 7) is 2.36. The summed E-state index contributed by atoms with van der Waals surface area (Å²) in [5.41, 5.74) is 0.0116. The van der Waals surface area contributed by atoms with Gasteiger partial charge in [0, 0.05) is 5.92 Å². The van der Waals surface area contributed by atoms with Crippen molar-refractivity contribution in [3.8, 4) is 0 Å². The van der Waals surface area contributed by atoms with Gasteiger partial charge >= 0.3 is 0 Å². The summed E-state index contributed by atoms with van der Waals surface area (Å²) in [6, 6.07) is 0. The molecule has 0 aromatic carbocycles. The van der Waals surface area contributed by atoms with Crippen LogP contribution in [0.2, 0.25) is 0 Å². The first-order valence-corrected chi connectivity index (χ1v) is 6.62. The summed E-state index contributed by atoms with van der Waals surface area (Å²) in [6.07, 6.45) is 9.82. The van der Waals surface area contributed by atoms with E-state index in [2.05, 4.69) is 4.90 Å². The number of carbonyl (C=O) groups excluding carboxylic acids is 1. The standard InChI is InChI=1S/C13H21NO/c15-12(11-5-6-11)13(7-1-2-8-13)14-9-3-4-10-14/h11H,1-10H2. The molecule has 3 rings (SSSR count). The van der Waals surface area contributed by atoms with Crippen LogP contribution in [0.5, 0.6) is 0 Å². The van der Waals surface area contributed by atoms with Gasteiger partial charge in [-0.1, -0.05) is 12.8 Å². The Morgan fingerprint density at radius 3 is 2.13 bits per heavy atom. The summed E-state index contributed by atoms with van der Waals surface area (Å²) < 4.78 is 0. The number of hydrogen-bond donors (Lipinski definition) is 0. The highest BCUT2D eigenvalue weighted by atomic mass is 16.1. The molecule has 2 aliphatic carbocycles. The Bertz CT molecular complexity index is 258. The molecule has 0 atom stereocenters. The molecule has 15 heavy (non-hydrogen) atoms. The number of nitrogens with zero attached hydrogens (tertiary/aromatic N) is 1. The van der Waals surface area contributed by atoms with Crippen LogP contribution in [0, 0.1) is 5.92 Å². The molecule has 0 aromatic rings. The highest BCUT2D eigenvalue weighted by molar-refractivity contribution is 5.92. The molecule has 0 bridgehead atoms. The predicted octanol–water partition coefficient (Wildman–Crippen LogP) is 2.37. The minimum Gasteiger partial charge on any atom is -0.297 e. The van der Waals surface area contributed by atoms with E-state index < -0.39 is 0 Å². The van der Waals surface area contributed by atoms with Crippen LogP contribution >= 0.6 is 0 Å². The average Bonchev–Trinajstić information content (AvgIpc) is 2.79. The third-order valence-electron chi connectivity index (χ3n) is 4.55. The van der Waals surface area contributed by atoms with E-state index in [0.29, 0.717) is 11.7 Å². The summed E-state index contributed by atoms with van der Waals surface area (Å²) in [4.78, 5) is 15.0. The second kappa shape index (κ2) is 3.58. The van der Waals surface area contributed by atoms with Crippen molar-refractivity contribution in [3.63, 3.8) is 0 Å². The van der Waals surface area contributed by atoms with Crippen LogP contribution in [0.3, 0.4) is 0 Å².